The Morgan fingerprint density at radius 2 is 2.22 bits per heavy atom. The first-order valence-corrected chi connectivity index (χ1v) is 5.97. The molecule has 18 heavy (non-hydrogen) atoms. The predicted octanol–water partition coefficient (Wildman–Crippen LogP) is 1.61. The van der Waals surface area contributed by atoms with E-state index in [-0.39, 0.29) is 30.2 Å². The number of nitrogen functional groups attached to an aromatic ring is 1. The van der Waals surface area contributed by atoms with Crippen LogP contribution in [0.15, 0.2) is 16.6 Å². The van der Waals surface area contributed by atoms with Crippen molar-refractivity contribution in [1.82, 2.24) is 0 Å². The second kappa shape index (κ2) is 4.56. The second-order valence-corrected chi connectivity index (χ2v) is 4.92. The van der Waals surface area contributed by atoms with Gasteiger partial charge in [-0.3, -0.25) is 9.59 Å². The maximum Gasteiger partial charge on any atom is 0.308 e. The highest BCUT2D eigenvalue weighted by molar-refractivity contribution is 9.10. The number of aliphatic carboxylic acids is 1. The first-order chi connectivity index (χ1) is 8.40. The number of anilines is 2. The van der Waals surface area contributed by atoms with Gasteiger partial charge in [0.05, 0.1) is 17.3 Å². The van der Waals surface area contributed by atoms with E-state index >= 15 is 0 Å². The van der Waals surface area contributed by atoms with E-state index in [1.165, 1.54) is 11.0 Å². The van der Waals surface area contributed by atoms with Crippen molar-refractivity contribution >= 4 is 39.2 Å². The number of nitrogens with zero attached hydrogens (tertiary/aromatic N) is 1. The zero-order chi connectivity index (χ0) is 13.4. The summed E-state index contributed by atoms with van der Waals surface area (Å²) < 4.78 is 13.6. The van der Waals surface area contributed by atoms with Crippen molar-refractivity contribution in [3.8, 4) is 0 Å². The molecular weight excluding hydrogens is 307 g/mol. The van der Waals surface area contributed by atoms with Crippen molar-refractivity contribution in [3.63, 3.8) is 0 Å². The van der Waals surface area contributed by atoms with Crippen LogP contribution in [0.1, 0.15) is 6.42 Å². The van der Waals surface area contributed by atoms with Gasteiger partial charge in [-0.25, -0.2) is 4.39 Å². The van der Waals surface area contributed by atoms with Crippen LogP contribution in [0.25, 0.3) is 0 Å². The molecule has 1 saturated heterocycles. The third kappa shape index (κ3) is 2.17. The van der Waals surface area contributed by atoms with Gasteiger partial charge in [0, 0.05) is 17.4 Å². The molecule has 3 N–H and O–H groups in total. The Labute approximate surface area is 111 Å². The lowest BCUT2D eigenvalue weighted by atomic mass is 10.1. The van der Waals surface area contributed by atoms with Gasteiger partial charge in [-0.05, 0) is 28.1 Å². The normalized spacial score (nSPS) is 19.3. The molecule has 1 aromatic rings. The molecule has 1 unspecified atom stereocenters. The molecule has 0 spiro atoms. The smallest absolute Gasteiger partial charge is 0.308 e. The van der Waals surface area contributed by atoms with Gasteiger partial charge < -0.3 is 15.7 Å². The monoisotopic (exact) mass is 316 g/mol. The molecule has 1 atom stereocenters. The molecule has 0 aromatic heterocycles. The SMILES string of the molecule is Nc1c(Br)cc(F)cc1N1CC(C(=O)O)CC1=O. The molecule has 0 bridgehead atoms. The summed E-state index contributed by atoms with van der Waals surface area (Å²) in [6.07, 6.45) is -0.0943. The largest absolute Gasteiger partial charge is 0.481 e. The highest BCUT2D eigenvalue weighted by Crippen LogP contribution is 2.35. The number of halogens is 2. The van der Waals surface area contributed by atoms with Gasteiger partial charge in [0.25, 0.3) is 0 Å². The summed E-state index contributed by atoms with van der Waals surface area (Å²) >= 11 is 3.09. The number of hydrogen-bond donors (Lipinski definition) is 2. The molecule has 5 nitrogen and oxygen atoms in total. The number of nitrogens with two attached hydrogens (primary N) is 1. The van der Waals surface area contributed by atoms with Gasteiger partial charge >= 0.3 is 5.97 Å². The Morgan fingerprint density at radius 1 is 1.56 bits per heavy atom. The van der Waals surface area contributed by atoms with Crippen LogP contribution in [-0.2, 0) is 9.59 Å². The molecule has 96 valence electrons. The fourth-order valence-electron chi connectivity index (χ4n) is 1.90. The highest BCUT2D eigenvalue weighted by Gasteiger charge is 2.36. The number of hydrogen-bond acceptors (Lipinski definition) is 3. The maximum atomic E-state index is 13.3. The van der Waals surface area contributed by atoms with Crippen molar-refractivity contribution < 1.29 is 19.1 Å². The van der Waals surface area contributed by atoms with Crippen molar-refractivity contribution in [2.45, 2.75) is 6.42 Å². The summed E-state index contributed by atoms with van der Waals surface area (Å²) in [5, 5.41) is 8.88. The first kappa shape index (κ1) is 12.8. The molecule has 0 aliphatic carbocycles. The van der Waals surface area contributed by atoms with Gasteiger partial charge in [0.2, 0.25) is 5.91 Å². The van der Waals surface area contributed by atoms with Crippen LogP contribution < -0.4 is 10.6 Å². The number of carboxylic acid groups (broad SMARTS) is 1. The second-order valence-electron chi connectivity index (χ2n) is 4.06. The zero-order valence-electron chi connectivity index (χ0n) is 9.19. The summed E-state index contributed by atoms with van der Waals surface area (Å²) in [6.45, 7) is 0.00819. The van der Waals surface area contributed by atoms with Crippen LogP contribution in [0.4, 0.5) is 15.8 Å². The molecule has 1 aliphatic heterocycles. The van der Waals surface area contributed by atoms with E-state index in [1.54, 1.807) is 0 Å². The molecular formula is C11H10BrFN2O3. The molecule has 1 aliphatic rings. The van der Waals surface area contributed by atoms with E-state index in [0.29, 0.717) is 4.47 Å². The number of carbonyl (C=O) groups excluding carboxylic acids is 1. The van der Waals surface area contributed by atoms with Crippen LogP contribution in [0, 0.1) is 11.7 Å². The summed E-state index contributed by atoms with van der Waals surface area (Å²) in [5.41, 5.74) is 6.18. The zero-order valence-corrected chi connectivity index (χ0v) is 10.8. The van der Waals surface area contributed by atoms with Gasteiger partial charge in [0.1, 0.15) is 5.82 Å². The van der Waals surface area contributed by atoms with Gasteiger partial charge in [-0.15, -0.1) is 0 Å². The van der Waals surface area contributed by atoms with E-state index in [4.69, 9.17) is 10.8 Å². The Morgan fingerprint density at radius 3 is 2.78 bits per heavy atom. The molecule has 1 aromatic carbocycles. The third-order valence-corrected chi connectivity index (χ3v) is 3.49. The number of carboxylic acids is 1. The van der Waals surface area contributed by atoms with Gasteiger partial charge in [-0.2, -0.15) is 0 Å². The number of amides is 1. The molecule has 2 rings (SSSR count). The lowest BCUT2D eigenvalue weighted by Crippen LogP contribution is -2.26. The van der Waals surface area contributed by atoms with E-state index in [2.05, 4.69) is 15.9 Å². The van der Waals surface area contributed by atoms with Crippen molar-refractivity contribution in [2.75, 3.05) is 17.2 Å². The Bertz CT molecular complexity index is 535. The fourth-order valence-corrected chi connectivity index (χ4v) is 2.32. The average Bonchev–Trinajstić information content (AvgIpc) is 2.66. The molecule has 7 heteroatoms. The minimum Gasteiger partial charge on any atom is -0.481 e. The topological polar surface area (TPSA) is 83.6 Å². The molecule has 1 amide bonds. The van der Waals surface area contributed by atoms with E-state index in [0.717, 1.165) is 6.07 Å². The lowest BCUT2D eigenvalue weighted by Gasteiger charge is -2.19. The minimum atomic E-state index is -1.04. The van der Waals surface area contributed by atoms with Crippen LogP contribution in [-0.4, -0.2) is 23.5 Å². The Balaban J connectivity index is 2.38. The molecule has 1 fully saturated rings. The maximum absolute atomic E-state index is 13.3. The molecule has 1 heterocycles. The van der Waals surface area contributed by atoms with Crippen LogP contribution in [0.2, 0.25) is 0 Å². The quantitative estimate of drug-likeness (QED) is 0.812. The van der Waals surface area contributed by atoms with Crippen molar-refractivity contribution in [1.29, 1.82) is 0 Å². The standard InChI is InChI=1S/C11H10BrFN2O3/c12-7-2-6(13)3-8(10(7)14)15-4-5(11(17)18)1-9(15)16/h2-3,5H,1,4,14H2,(H,17,18). The molecule has 0 radical (unpaired) electrons. The van der Waals surface area contributed by atoms with E-state index in [1.807, 2.05) is 0 Å². The first-order valence-electron chi connectivity index (χ1n) is 5.18. The summed E-state index contributed by atoms with van der Waals surface area (Å²) in [6, 6.07) is 2.32. The lowest BCUT2D eigenvalue weighted by molar-refractivity contribution is -0.141. The van der Waals surface area contributed by atoms with E-state index in [9.17, 15) is 14.0 Å². The summed E-state index contributed by atoms with van der Waals surface area (Å²) in [5.74, 6) is -2.73. The number of benzene rings is 1. The fraction of sp³-hybridized carbons (Fsp3) is 0.273. The van der Waals surface area contributed by atoms with Gasteiger partial charge in [-0.1, -0.05) is 0 Å². The van der Waals surface area contributed by atoms with Crippen molar-refractivity contribution in [3.05, 3.63) is 22.4 Å². The minimum absolute atomic E-state index is 0.00819. The summed E-state index contributed by atoms with van der Waals surface area (Å²) in [7, 11) is 0. The van der Waals surface area contributed by atoms with Crippen molar-refractivity contribution in [2.24, 2.45) is 5.92 Å². The molecule has 0 saturated carbocycles. The predicted molar refractivity (Wildman–Crippen MR) is 66.6 cm³/mol. The van der Waals surface area contributed by atoms with E-state index < -0.39 is 17.7 Å². The number of rotatable bonds is 2. The van der Waals surface area contributed by atoms with Crippen LogP contribution >= 0.6 is 15.9 Å². The number of carbonyl (C=O) groups is 2. The Kier molecular flexibility index (Phi) is 3.25. The Hall–Kier alpha value is -1.63. The average molecular weight is 317 g/mol. The van der Waals surface area contributed by atoms with Gasteiger partial charge in [0.15, 0.2) is 0 Å². The highest BCUT2D eigenvalue weighted by atomic mass is 79.9. The van der Waals surface area contributed by atoms with Crippen LogP contribution in [0.5, 0.6) is 0 Å². The third-order valence-electron chi connectivity index (χ3n) is 2.84. The van der Waals surface area contributed by atoms with Crippen LogP contribution in [0.3, 0.4) is 0 Å². The summed E-state index contributed by atoms with van der Waals surface area (Å²) in [4.78, 5) is 23.8.